The summed E-state index contributed by atoms with van der Waals surface area (Å²) in [6.45, 7) is 7.11. The van der Waals surface area contributed by atoms with E-state index in [2.05, 4.69) is 29.3 Å². The van der Waals surface area contributed by atoms with E-state index in [4.69, 9.17) is 4.74 Å². The molecule has 2 aliphatic heterocycles. The van der Waals surface area contributed by atoms with Crippen molar-refractivity contribution in [2.45, 2.75) is 45.1 Å². The highest BCUT2D eigenvalue weighted by atomic mass is 16.6. The number of benzene rings is 1. The summed E-state index contributed by atoms with van der Waals surface area (Å²) in [7, 11) is 0. The molecule has 1 saturated heterocycles. The highest BCUT2D eigenvalue weighted by Gasteiger charge is 2.50. The van der Waals surface area contributed by atoms with E-state index < -0.39 is 5.60 Å². The molecule has 2 heterocycles. The van der Waals surface area contributed by atoms with Gasteiger partial charge < -0.3 is 15.0 Å². The van der Waals surface area contributed by atoms with Crippen LogP contribution in [-0.2, 0) is 20.7 Å². The van der Waals surface area contributed by atoms with Crippen molar-refractivity contribution >= 4 is 11.9 Å². The van der Waals surface area contributed by atoms with E-state index in [0.29, 0.717) is 30.5 Å². The van der Waals surface area contributed by atoms with Crippen molar-refractivity contribution in [1.29, 1.82) is 0 Å². The molecular weight excluding hydrogens is 328 g/mol. The standard InChI is InChI=1S/C21H28N2O3/c1-3-23-14-11-21(12-15-23)18(16(2)20(25)26-21)19(24)22-13-7-10-17-8-5-4-6-9-17/h4-6,8-9H,3,7,10-15H2,1-2H3,(H,22,24). The van der Waals surface area contributed by atoms with Gasteiger partial charge in [-0.15, -0.1) is 0 Å². The molecule has 1 fully saturated rings. The second-order valence-corrected chi connectivity index (χ2v) is 7.16. The van der Waals surface area contributed by atoms with Gasteiger partial charge >= 0.3 is 5.97 Å². The molecule has 1 aromatic carbocycles. The third kappa shape index (κ3) is 3.83. The molecule has 0 radical (unpaired) electrons. The predicted octanol–water partition coefficient (Wildman–Crippen LogP) is 2.46. The third-order valence-corrected chi connectivity index (χ3v) is 5.53. The molecule has 5 heteroatoms. The summed E-state index contributed by atoms with van der Waals surface area (Å²) in [4.78, 5) is 27.3. The summed E-state index contributed by atoms with van der Waals surface area (Å²) >= 11 is 0. The van der Waals surface area contributed by atoms with Crippen LogP contribution in [0.1, 0.15) is 38.7 Å². The second kappa shape index (κ2) is 8.04. The maximum absolute atomic E-state index is 12.8. The van der Waals surface area contributed by atoms with Gasteiger partial charge in [-0.25, -0.2) is 4.79 Å². The highest BCUT2D eigenvalue weighted by molar-refractivity contribution is 6.07. The van der Waals surface area contributed by atoms with Gasteiger partial charge in [0.1, 0.15) is 5.60 Å². The van der Waals surface area contributed by atoms with Crippen LogP contribution in [0.3, 0.4) is 0 Å². The summed E-state index contributed by atoms with van der Waals surface area (Å²) in [5.41, 5.74) is 1.56. The van der Waals surface area contributed by atoms with Crippen molar-refractivity contribution in [3.05, 3.63) is 47.0 Å². The zero-order chi connectivity index (χ0) is 18.6. The number of aryl methyl sites for hydroxylation is 1. The Kier molecular flexibility index (Phi) is 5.77. The lowest BCUT2D eigenvalue weighted by Crippen LogP contribution is -2.48. The number of nitrogens with zero attached hydrogens (tertiary/aromatic N) is 1. The number of rotatable bonds is 6. The Labute approximate surface area is 155 Å². The number of piperidine rings is 1. The molecule has 3 rings (SSSR count). The van der Waals surface area contributed by atoms with Crippen molar-refractivity contribution in [3.8, 4) is 0 Å². The van der Waals surface area contributed by atoms with Gasteiger partial charge in [-0.2, -0.15) is 0 Å². The largest absolute Gasteiger partial charge is 0.450 e. The number of carbonyl (C=O) groups excluding carboxylic acids is 2. The van der Waals surface area contributed by atoms with Crippen molar-refractivity contribution in [1.82, 2.24) is 10.2 Å². The lowest BCUT2D eigenvalue weighted by atomic mass is 9.82. The topological polar surface area (TPSA) is 58.6 Å². The average Bonchev–Trinajstić information content (AvgIpc) is 2.90. The number of esters is 1. The van der Waals surface area contributed by atoms with Gasteiger partial charge in [-0.05, 0) is 31.9 Å². The predicted molar refractivity (Wildman–Crippen MR) is 101 cm³/mol. The quantitative estimate of drug-likeness (QED) is 0.628. The van der Waals surface area contributed by atoms with E-state index >= 15 is 0 Å². The molecule has 5 nitrogen and oxygen atoms in total. The van der Waals surface area contributed by atoms with Gasteiger partial charge in [0.15, 0.2) is 0 Å². The summed E-state index contributed by atoms with van der Waals surface area (Å²) < 4.78 is 5.70. The van der Waals surface area contributed by atoms with Crippen LogP contribution in [0.15, 0.2) is 41.5 Å². The first-order valence-electron chi connectivity index (χ1n) is 9.55. The number of nitrogens with one attached hydrogen (secondary N) is 1. The number of carbonyl (C=O) groups is 2. The normalized spacial score (nSPS) is 19.7. The molecule has 1 amide bonds. The van der Waals surface area contributed by atoms with E-state index in [0.717, 1.165) is 32.5 Å². The molecule has 0 bridgehead atoms. The molecule has 0 atom stereocenters. The number of amides is 1. The Balaban J connectivity index is 1.60. The van der Waals surface area contributed by atoms with Crippen LogP contribution in [0, 0.1) is 0 Å². The molecule has 0 aliphatic carbocycles. The number of hydrogen-bond acceptors (Lipinski definition) is 4. The molecule has 1 aromatic rings. The Bertz CT molecular complexity index is 688. The van der Waals surface area contributed by atoms with Crippen LogP contribution >= 0.6 is 0 Å². The van der Waals surface area contributed by atoms with E-state index in [1.165, 1.54) is 5.56 Å². The monoisotopic (exact) mass is 356 g/mol. The molecular formula is C21H28N2O3. The van der Waals surface area contributed by atoms with Crippen LogP contribution in [0.4, 0.5) is 0 Å². The van der Waals surface area contributed by atoms with Crippen LogP contribution in [0.2, 0.25) is 0 Å². The minimum atomic E-state index is -0.726. The molecule has 0 unspecified atom stereocenters. The van der Waals surface area contributed by atoms with Crippen molar-refractivity contribution in [2.75, 3.05) is 26.2 Å². The van der Waals surface area contributed by atoms with Gasteiger partial charge in [0.2, 0.25) is 0 Å². The van der Waals surface area contributed by atoms with Crippen molar-refractivity contribution in [2.24, 2.45) is 0 Å². The molecule has 1 N–H and O–H groups in total. The smallest absolute Gasteiger partial charge is 0.335 e. The van der Waals surface area contributed by atoms with Crippen LogP contribution in [-0.4, -0.2) is 48.6 Å². The maximum atomic E-state index is 12.8. The highest BCUT2D eigenvalue weighted by Crippen LogP contribution is 2.40. The SMILES string of the molecule is CCN1CCC2(CC1)OC(=O)C(C)=C2C(=O)NCCCc1ccccc1. The Hall–Kier alpha value is -2.14. The summed E-state index contributed by atoms with van der Waals surface area (Å²) in [5.74, 6) is -0.490. The van der Waals surface area contributed by atoms with Crippen molar-refractivity contribution in [3.63, 3.8) is 0 Å². The fraction of sp³-hybridized carbons (Fsp3) is 0.524. The molecule has 26 heavy (non-hydrogen) atoms. The summed E-state index contributed by atoms with van der Waals surface area (Å²) in [6.07, 6.45) is 3.17. The maximum Gasteiger partial charge on any atom is 0.335 e. The molecule has 0 saturated carbocycles. The summed E-state index contributed by atoms with van der Waals surface area (Å²) in [6, 6.07) is 10.2. The van der Waals surface area contributed by atoms with E-state index in [-0.39, 0.29) is 11.9 Å². The average molecular weight is 356 g/mol. The minimum absolute atomic E-state index is 0.147. The van der Waals surface area contributed by atoms with E-state index in [1.807, 2.05) is 18.2 Å². The van der Waals surface area contributed by atoms with Gasteiger partial charge in [-0.3, -0.25) is 4.79 Å². The molecule has 0 aromatic heterocycles. The fourth-order valence-electron chi connectivity index (χ4n) is 3.94. The summed E-state index contributed by atoms with van der Waals surface area (Å²) in [5, 5.41) is 3.00. The fourth-order valence-corrected chi connectivity index (χ4v) is 3.94. The van der Waals surface area contributed by atoms with Gasteiger partial charge in [0, 0.05) is 38.0 Å². The second-order valence-electron chi connectivity index (χ2n) is 7.16. The number of hydrogen-bond donors (Lipinski definition) is 1. The van der Waals surface area contributed by atoms with Gasteiger partial charge in [0.25, 0.3) is 5.91 Å². The van der Waals surface area contributed by atoms with E-state index in [1.54, 1.807) is 6.92 Å². The van der Waals surface area contributed by atoms with E-state index in [9.17, 15) is 9.59 Å². The first-order chi connectivity index (χ1) is 12.6. The Morgan fingerprint density at radius 1 is 1.23 bits per heavy atom. The first kappa shape index (κ1) is 18.6. The molecule has 1 spiro atoms. The Morgan fingerprint density at radius 2 is 1.92 bits per heavy atom. The van der Waals surface area contributed by atoms with Gasteiger partial charge in [-0.1, -0.05) is 37.3 Å². The van der Waals surface area contributed by atoms with Crippen LogP contribution < -0.4 is 5.32 Å². The lowest BCUT2D eigenvalue weighted by molar-refractivity contribution is -0.150. The number of ether oxygens (including phenoxy) is 1. The number of likely N-dealkylation sites (tertiary alicyclic amines) is 1. The lowest BCUT2D eigenvalue weighted by Gasteiger charge is -2.39. The minimum Gasteiger partial charge on any atom is -0.450 e. The van der Waals surface area contributed by atoms with Crippen LogP contribution in [0.5, 0.6) is 0 Å². The van der Waals surface area contributed by atoms with Crippen LogP contribution in [0.25, 0.3) is 0 Å². The van der Waals surface area contributed by atoms with Gasteiger partial charge in [0.05, 0.1) is 5.57 Å². The Morgan fingerprint density at radius 3 is 2.58 bits per heavy atom. The van der Waals surface area contributed by atoms with Crippen molar-refractivity contribution < 1.29 is 14.3 Å². The zero-order valence-electron chi connectivity index (χ0n) is 15.7. The zero-order valence-corrected chi connectivity index (χ0v) is 15.7. The first-order valence-corrected chi connectivity index (χ1v) is 9.55. The molecule has 140 valence electrons. The third-order valence-electron chi connectivity index (χ3n) is 5.53. The molecule has 2 aliphatic rings.